The van der Waals surface area contributed by atoms with Crippen molar-refractivity contribution in [1.82, 2.24) is 25.3 Å². The lowest BCUT2D eigenvalue weighted by atomic mass is 9.71. The Bertz CT molecular complexity index is 1210. The molecule has 0 bridgehead atoms. The van der Waals surface area contributed by atoms with E-state index < -0.39 is 5.92 Å². The second kappa shape index (κ2) is 10.2. The minimum atomic E-state index is -0.531. The van der Waals surface area contributed by atoms with Crippen LogP contribution in [0.25, 0.3) is 10.9 Å². The van der Waals surface area contributed by atoms with Gasteiger partial charge in [0.05, 0.1) is 22.8 Å². The normalized spacial score (nSPS) is 28.7. The highest BCUT2D eigenvalue weighted by atomic mass is 19.1. The van der Waals surface area contributed by atoms with Crippen LogP contribution in [0, 0.1) is 23.1 Å². The lowest BCUT2D eigenvalue weighted by Gasteiger charge is -2.46. The minimum absolute atomic E-state index is 0.261. The standard InChI is InChI=1S/C29H41FN6O2/c1-19-17-36(12-5-20(19)18-35-13-8-29(9-14-35)6-10-31-11-7-29)25-16-24-22(15-23(25)30)27(33-34(24)2)21-3-4-26(37)32-28(21)38/h15-16,19-21,31H,3-14,17-18H2,1-2H3,(H,32,37,38)/t19-,20+,21?/m1/s1. The molecule has 0 saturated carbocycles. The fourth-order valence-corrected chi connectivity index (χ4v) is 7.43. The maximum absolute atomic E-state index is 15.5. The molecule has 1 spiro atoms. The summed E-state index contributed by atoms with van der Waals surface area (Å²) in [6, 6.07) is 3.43. The van der Waals surface area contributed by atoms with E-state index in [4.69, 9.17) is 0 Å². The molecule has 4 aliphatic rings. The Balaban J connectivity index is 1.12. The third-order valence-electron chi connectivity index (χ3n) is 10.0. The number of anilines is 1. The summed E-state index contributed by atoms with van der Waals surface area (Å²) in [5, 5.41) is 11.2. The van der Waals surface area contributed by atoms with Crippen LogP contribution in [0.5, 0.6) is 0 Å². The number of benzene rings is 1. The van der Waals surface area contributed by atoms with Gasteiger partial charge in [0.15, 0.2) is 0 Å². The number of carbonyl (C=O) groups excluding carboxylic acids is 2. The van der Waals surface area contributed by atoms with Crippen molar-refractivity contribution >= 4 is 28.4 Å². The van der Waals surface area contributed by atoms with Crippen molar-refractivity contribution < 1.29 is 14.0 Å². The second-order valence-electron chi connectivity index (χ2n) is 12.4. The van der Waals surface area contributed by atoms with Gasteiger partial charge in [0.2, 0.25) is 11.8 Å². The summed E-state index contributed by atoms with van der Waals surface area (Å²) in [6.45, 7) is 9.94. The van der Waals surface area contributed by atoms with Crippen LogP contribution in [0.15, 0.2) is 12.1 Å². The van der Waals surface area contributed by atoms with Crippen molar-refractivity contribution in [2.24, 2.45) is 24.3 Å². The first-order valence-corrected chi connectivity index (χ1v) is 14.5. The number of imide groups is 1. The average Bonchev–Trinajstić information content (AvgIpc) is 3.21. The predicted octanol–water partition coefficient (Wildman–Crippen LogP) is 3.16. The number of rotatable bonds is 4. The van der Waals surface area contributed by atoms with E-state index in [9.17, 15) is 9.59 Å². The van der Waals surface area contributed by atoms with Gasteiger partial charge in [-0.2, -0.15) is 5.10 Å². The Morgan fingerprint density at radius 3 is 2.55 bits per heavy atom. The number of hydrogen-bond acceptors (Lipinski definition) is 6. The van der Waals surface area contributed by atoms with Crippen molar-refractivity contribution in [3.05, 3.63) is 23.6 Å². The number of hydrogen-bond donors (Lipinski definition) is 2. The second-order valence-corrected chi connectivity index (χ2v) is 12.4. The van der Waals surface area contributed by atoms with Crippen LogP contribution in [0.3, 0.4) is 0 Å². The Kier molecular flexibility index (Phi) is 6.93. The highest BCUT2D eigenvalue weighted by Crippen LogP contribution is 2.40. The molecule has 5 heterocycles. The van der Waals surface area contributed by atoms with Crippen molar-refractivity contribution in [1.29, 1.82) is 0 Å². The quantitative estimate of drug-likeness (QED) is 0.598. The van der Waals surface area contributed by atoms with E-state index in [-0.39, 0.29) is 24.1 Å². The van der Waals surface area contributed by atoms with Gasteiger partial charge in [-0.15, -0.1) is 0 Å². The molecule has 1 aromatic heterocycles. The predicted molar refractivity (Wildman–Crippen MR) is 145 cm³/mol. The van der Waals surface area contributed by atoms with E-state index in [1.54, 1.807) is 4.68 Å². The molecule has 38 heavy (non-hydrogen) atoms. The summed E-state index contributed by atoms with van der Waals surface area (Å²) in [6.07, 6.45) is 7.07. The summed E-state index contributed by atoms with van der Waals surface area (Å²) in [5.74, 6) is -0.287. The van der Waals surface area contributed by atoms with Crippen LogP contribution in [0.4, 0.5) is 10.1 Å². The molecule has 2 aromatic rings. The third kappa shape index (κ3) is 4.83. The zero-order valence-corrected chi connectivity index (χ0v) is 22.8. The monoisotopic (exact) mass is 524 g/mol. The van der Waals surface area contributed by atoms with Gasteiger partial charge in [-0.05, 0) is 94.1 Å². The van der Waals surface area contributed by atoms with Gasteiger partial charge < -0.3 is 15.1 Å². The number of aryl methyl sites for hydroxylation is 1. The maximum atomic E-state index is 15.5. The first-order chi connectivity index (χ1) is 18.3. The fraction of sp³-hybridized carbons (Fsp3) is 0.690. The number of piperidine rings is 4. The SMILES string of the molecule is C[C@@H]1CN(c2cc3c(cc2F)c(C2CCC(=O)NC2=O)nn3C)CC[C@H]1CN1CCC2(CCNCC2)CC1. The van der Waals surface area contributed by atoms with Gasteiger partial charge in [0.1, 0.15) is 5.82 Å². The van der Waals surface area contributed by atoms with Gasteiger partial charge in [-0.3, -0.25) is 19.6 Å². The molecule has 0 aliphatic carbocycles. The smallest absolute Gasteiger partial charge is 0.235 e. The van der Waals surface area contributed by atoms with Crippen LogP contribution in [-0.2, 0) is 16.6 Å². The average molecular weight is 525 g/mol. The topological polar surface area (TPSA) is 82.5 Å². The van der Waals surface area contributed by atoms with Crippen molar-refractivity contribution in [3.63, 3.8) is 0 Å². The van der Waals surface area contributed by atoms with Crippen molar-refractivity contribution in [2.75, 3.05) is 50.7 Å². The van der Waals surface area contributed by atoms with Crippen LogP contribution in [0.2, 0.25) is 0 Å². The molecule has 0 radical (unpaired) electrons. The molecule has 4 saturated heterocycles. The van der Waals surface area contributed by atoms with Crippen molar-refractivity contribution in [3.8, 4) is 0 Å². The van der Waals surface area contributed by atoms with E-state index >= 15 is 4.39 Å². The summed E-state index contributed by atoms with van der Waals surface area (Å²) >= 11 is 0. The highest BCUT2D eigenvalue weighted by molar-refractivity contribution is 6.02. The van der Waals surface area contributed by atoms with Crippen LogP contribution >= 0.6 is 0 Å². The molecule has 4 aliphatic heterocycles. The summed E-state index contributed by atoms with van der Waals surface area (Å²) in [7, 11) is 1.83. The number of halogens is 1. The Morgan fingerprint density at radius 1 is 1.08 bits per heavy atom. The van der Waals surface area contributed by atoms with E-state index in [1.807, 2.05) is 13.1 Å². The van der Waals surface area contributed by atoms with E-state index in [0.717, 1.165) is 31.6 Å². The molecule has 6 rings (SSSR count). The molecule has 8 nitrogen and oxygen atoms in total. The Labute approximate surface area is 224 Å². The summed E-state index contributed by atoms with van der Waals surface area (Å²) in [5.41, 5.74) is 2.57. The van der Waals surface area contributed by atoms with E-state index in [1.165, 1.54) is 57.9 Å². The lowest BCUT2D eigenvalue weighted by Crippen LogP contribution is -2.49. The molecule has 1 aromatic carbocycles. The number of carbonyl (C=O) groups is 2. The zero-order chi connectivity index (χ0) is 26.4. The summed E-state index contributed by atoms with van der Waals surface area (Å²) < 4.78 is 17.3. The number of likely N-dealkylation sites (tertiary alicyclic amines) is 1. The third-order valence-corrected chi connectivity index (χ3v) is 10.0. The van der Waals surface area contributed by atoms with Crippen LogP contribution in [0.1, 0.15) is 63.5 Å². The molecular weight excluding hydrogens is 483 g/mol. The molecule has 1 unspecified atom stereocenters. The number of fused-ring (bicyclic) bond motifs is 1. The number of amides is 2. The molecule has 2 N–H and O–H groups in total. The summed E-state index contributed by atoms with van der Waals surface area (Å²) in [4.78, 5) is 28.9. The first-order valence-electron chi connectivity index (χ1n) is 14.5. The molecule has 9 heteroatoms. The minimum Gasteiger partial charge on any atom is -0.369 e. The number of aromatic nitrogens is 2. The zero-order valence-electron chi connectivity index (χ0n) is 22.8. The molecule has 4 fully saturated rings. The number of nitrogens with one attached hydrogen (secondary N) is 2. The first kappa shape index (κ1) is 25.7. The lowest BCUT2D eigenvalue weighted by molar-refractivity contribution is -0.134. The Morgan fingerprint density at radius 2 is 1.84 bits per heavy atom. The van der Waals surface area contributed by atoms with Crippen LogP contribution in [-0.4, -0.2) is 72.3 Å². The fourth-order valence-electron chi connectivity index (χ4n) is 7.43. The molecule has 2 amide bonds. The number of nitrogens with zero attached hydrogens (tertiary/aromatic N) is 4. The van der Waals surface area contributed by atoms with Crippen molar-refractivity contribution in [2.45, 2.75) is 57.8 Å². The Hall–Kier alpha value is -2.52. The van der Waals surface area contributed by atoms with Gasteiger partial charge >= 0.3 is 0 Å². The van der Waals surface area contributed by atoms with Crippen LogP contribution < -0.4 is 15.5 Å². The molecule has 3 atom stereocenters. The largest absolute Gasteiger partial charge is 0.369 e. The molecule has 206 valence electrons. The molecular formula is C29H41FN6O2. The highest BCUT2D eigenvalue weighted by Gasteiger charge is 2.37. The van der Waals surface area contributed by atoms with Gasteiger partial charge in [-0.25, -0.2) is 4.39 Å². The van der Waals surface area contributed by atoms with Gasteiger partial charge in [0.25, 0.3) is 0 Å². The van der Waals surface area contributed by atoms with E-state index in [2.05, 4.69) is 32.5 Å². The van der Waals surface area contributed by atoms with Gasteiger partial charge in [0, 0.05) is 38.5 Å². The maximum Gasteiger partial charge on any atom is 0.235 e. The van der Waals surface area contributed by atoms with Gasteiger partial charge in [-0.1, -0.05) is 6.92 Å². The van der Waals surface area contributed by atoms with E-state index in [0.29, 0.717) is 40.4 Å².